The first-order chi connectivity index (χ1) is 7.76. The third kappa shape index (κ3) is 2.23. The number of aromatic nitrogens is 1. The maximum atomic E-state index is 10.7. The summed E-state index contributed by atoms with van der Waals surface area (Å²) in [4.78, 5) is 17.9. The number of hydrogen-bond donors (Lipinski definition) is 0. The zero-order valence-corrected chi connectivity index (χ0v) is 10.9. The molecule has 5 heteroatoms. The van der Waals surface area contributed by atoms with Crippen LogP contribution < -0.4 is 4.90 Å². The molecule has 1 aliphatic heterocycles. The molecule has 16 heavy (non-hydrogen) atoms. The highest BCUT2D eigenvalue weighted by molar-refractivity contribution is 7.17. The number of halogens is 1. The van der Waals surface area contributed by atoms with E-state index in [2.05, 4.69) is 16.8 Å². The quantitative estimate of drug-likeness (QED) is 0.780. The maximum absolute atomic E-state index is 10.7. The van der Waals surface area contributed by atoms with Crippen LogP contribution in [0.15, 0.2) is 0 Å². The first-order valence-electron chi connectivity index (χ1n) is 5.64. The minimum atomic E-state index is 0.343. The summed E-state index contributed by atoms with van der Waals surface area (Å²) in [5.74, 6) is 0. The highest BCUT2D eigenvalue weighted by Gasteiger charge is 2.24. The summed E-state index contributed by atoms with van der Waals surface area (Å²) >= 11 is 7.30. The lowest BCUT2D eigenvalue weighted by molar-refractivity contribution is 0.112. The van der Waals surface area contributed by atoms with Crippen LogP contribution in [-0.2, 0) is 0 Å². The molecule has 2 heterocycles. The average molecular weight is 259 g/mol. The minimum absolute atomic E-state index is 0.343. The third-order valence-corrected chi connectivity index (χ3v) is 4.47. The van der Waals surface area contributed by atoms with Gasteiger partial charge in [-0.15, -0.1) is 0 Å². The number of hydrogen-bond acceptors (Lipinski definition) is 4. The first kappa shape index (κ1) is 11.9. The van der Waals surface area contributed by atoms with Gasteiger partial charge < -0.3 is 4.90 Å². The molecule has 0 N–H and O–H groups in total. The van der Waals surface area contributed by atoms with Crippen molar-refractivity contribution in [3.05, 3.63) is 10.0 Å². The molecular formula is C11H15ClN2OS. The van der Waals surface area contributed by atoms with Crippen molar-refractivity contribution in [2.45, 2.75) is 38.6 Å². The van der Waals surface area contributed by atoms with Gasteiger partial charge in [-0.25, -0.2) is 4.98 Å². The van der Waals surface area contributed by atoms with E-state index in [1.54, 1.807) is 0 Å². The topological polar surface area (TPSA) is 33.2 Å². The van der Waals surface area contributed by atoms with Gasteiger partial charge in [0.05, 0.1) is 0 Å². The molecule has 1 aliphatic rings. The van der Waals surface area contributed by atoms with Gasteiger partial charge in [0.1, 0.15) is 4.88 Å². The Morgan fingerprint density at radius 2 is 2.44 bits per heavy atom. The van der Waals surface area contributed by atoms with Crippen LogP contribution in [0.4, 0.5) is 5.13 Å². The molecule has 1 fully saturated rings. The van der Waals surface area contributed by atoms with Crippen molar-refractivity contribution in [2.75, 3.05) is 11.4 Å². The summed E-state index contributed by atoms with van der Waals surface area (Å²) in [5, 5.41) is 1.24. The Labute approximate surface area is 104 Å². The van der Waals surface area contributed by atoms with Crippen LogP contribution in [0.5, 0.6) is 0 Å². The first-order valence-corrected chi connectivity index (χ1v) is 6.83. The Hall–Kier alpha value is -0.610. The van der Waals surface area contributed by atoms with Gasteiger partial charge in [0.25, 0.3) is 0 Å². The van der Waals surface area contributed by atoms with Crippen LogP contribution in [-0.4, -0.2) is 23.9 Å². The highest BCUT2D eigenvalue weighted by Crippen LogP contribution is 2.33. The molecule has 88 valence electrons. The second-order valence-electron chi connectivity index (χ2n) is 4.02. The fourth-order valence-electron chi connectivity index (χ4n) is 2.17. The molecule has 3 nitrogen and oxygen atoms in total. The number of carbonyl (C=O) groups is 1. The van der Waals surface area contributed by atoms with E-state index in [4.69, 9.17) is 11.6 Å². The number of piperidine rings is 1. The van der Waals surface area contributed by atoms with E-state index in [0.717, 1.165) is 24.4 Å². The molecular weight excluding hydrogens is 244 g/mol. The van der Waals surface area contributed by atoms with E-state index in [-0.39, 0.29) is 0 Å². The average Bonchev–Trinajstić information content (AvgIpc) is 2.70. The van der Waals surface area contributed by atoms with Crippen LogP contribution in [0.2, 0.25) is 5.15 Å². The molecule has 0 aliphatic carbocycles. The minimum Gasteiger partial charge on any atom is -0.345 e. The number of anilines is 1. The van der Waals surface area contributed by atoms with Gasteiger partial charge >= 0.3 is 0 Å². The smallest absolute Gasteiger partial charge is 0.187 e. The standard InChI is InChI=1S/C11H15ClN2OS/c1-2-8-5-3-4-6-14(8)11-13-10(12)9(7-15)16-11/h7-8H,2-6H2,1H3. The van der Waals surface area contributed by atoms with Crippen LogP contribution in [0.3, 0.4) is 0 Å². The van der Waals surface area contributed by atoms with Gasteiger partial charge in [0, 0.05) is 12.6 Å². The summed E-state index contributed by atoms with van der Waals surface area (Å²) < 4.78 is 0. The molecule has 1 aromatic heterocycles. The third-order valence-electron chi connectivity index (χ3n) is 3.05. The molecule has 0 amide bonds. The van der Waals surface area contributed by atoms with Crippen molar-refractivity contribution in [3.8, 4) is 0 Å². The van der Waals surface area contributed by atoms with E-state index in [1.807, 2.05) is 0 Å². The number of aldehydes is 1. The molecule has 0 saturated carbocycles. The normalized spacial score (nSPS) is 21.1. The van der Waals surface area contributed by atoms with Crippen molar-refractivity contribution in [3.63, 3.8) is 0 Å². The van der Waals surface area contributed by atoms with Crippen molar-refractivity contribution in [1.82, 2.24) is 4.98 Å². The lowest BCUT2D eigenvalue weighted by atomic mass is 10.0. The highest BCUT2D eigenvalue weighted by atomic mass is 35.5. The van der Waals surface area contributed by atoms with Crippen LogP contribution in [0.1, 0.15) is 42.3 Å². The second kappa shape index (κ2) is 5.15. The summed E-state index contributed by atoms with van der Waals surface area (Å²) in [7, 11) is 0. The fraction of sp³-hybridized carbons (Fsp3) is 0.636. The van der Waals surface area contributed by atoms with Crippen molar-refractivity contribution in [1.29, 1.82) is 0 Å². The Kier molecular flexibility index (Phi) is 3.82. The predicted molar refractivity (Wildman–Crippen MR) is 67.8 cm³/mol. The largest absolute Gasteiger partial charge is 0.345 e. The Balaban J connectivity index is 2.23. The second-order valence-corrected chi connectivity index (χ2v) is 5.39. The van der Waals surface area contributed by atoms with E-state index in [1.165, 1.54) is 30.6 Å². The van der Waals surface area contributed by atoms with E-state index < -0.39 is 0 Å². The van der Waals surface area contributed by atoms with Gasteiger partial charge in [-0.3, -0.25) is 4.79 Å². The number of rotatable bonds is 3. The van der Waals surface area contributed by atoms with Gasteiger partial charge in [-0.1, -0.05) is 29.9 Å². The number of nitrogens with zero attached hydrogens (tertiary/aromatic N) is 2. The summed E-state index contributed by atoms with van der Waals surface area (Å²) in [5.41, 5.74) is 0. The SMILES string of the molecule is CCC1CCCCN1c1nc(Cl)c(C=O)s1. The van der Waals surface area contributed by atoms with Gasteiger partial charge in [0.2, 0.25) is 0 Å². The molecule has 1 atom stereocenters. The molecule has 1 saturated heterocycles. The molecule has 0 radical (unpaired) electrons. The Morgan fingerprint density at radius 3 is 3.06 bits per heavy atom. The summed E-state index contributed by atoms with van der Waals surface area (Å²) in [6, 6.07) is 0.551. The summed E-state index contributed by atoms with van der Waals surface area (Å²) in [6.45, 7) is 3.22. The van der Waals surface area contributed by atoms with Gasteiger partial charge in [-0.05, 0) is 25.7 Å². The summed E-state index contributed by atoms with van der Waals surface area (Å²) in [6.07, 6.45) is 5.60. The zero-order chi connectivity index (χ0) is 11.5. The molecule has 0 bridgehead atoms. The molecule has 1 unspecified atom stereocenters. The van der Waals surface area contributed by atoms with Crippen molar-refractivity contribution in [2.24, 2.45) is 0 Å². The van der Waals surface area contributed by atoms with Crippen LogP contribution >= 0.6 is 22.9 Å². The van der Waals surface area contributed by atoms with Crippen LogP contribution in [0, 0.1) is 0 Å². The van der Waals surface area contributed by atoms with E-state index >= 15 is 0 Å². The van der Waals surface area contributed by atoms with E-state index in [0.29, 0.717) is 16.1 Å². The maximum Gasteiger partial charge on any atom is 0.187 e. The number of thiazole rings is 1. The molecule has 0 aromatic carbocycles. The Bertz CT molecular complexity index is 380. The predicted octanol–water partition coefficient (Wildman–Crippen LogP) is 3.38. The fourth-order valence-corrected chi connectivity index (χ4v) is 3.33. The van der Waals surface area contributed by atoms with E-state index in [9.17, 15) is 4.79 Å². The lowest BCUT2D eigenvalue weighted by Gasteiger charge is -2.34. The molecule has 0 spiro atoms. The molecule has 1 aromatic rings. The number of carbonyl (C=O) groups excluding carboxylic acids is 1. The van der Waals surface area contributed by atoms with Crippen molar-refractivity contribution >= 4 is 34.4 Å². The van der Waals surface area contributed by atoms with Gasteiger partial charge in [-0.2, -0.15) is 0 Å². The zero-order valence-electron chi connectivity index (χ0n) is 9.28. The van der Waals surface area contributed by atoms with Crippen LogP contribution in [0.25, 0.3) is 0 Å². The Morgan fingerprint density at radius 1 is 1.62 bits per heavy atom. The monoisotopic (exact) mass is 258 g/mol. The van der Waals surface area contributed by atoms with Gasteiger partial charge in [0.15, 0.2) is 16.6 Å². The van der Waals surface area contributed by atoms with Crippen molar-refractivity contribution < 1.29 is 4.79 Å². The lowest BCUT2D eigenvalue weighted by Crippen LogP contribution is -2.39. The molecule has 2 rings (SSSR count).